The van der Waals surface area contributed by atoms with Crippen molar-refractivity contribution in [2.75, 3.05) is 26.4 Å². The summed E-state index contributed by atoms with van der Waals surface area (Å²) in [7, 11) is 1.99. The van der Waals surface area contributed by atoms with Gasteiger partial charge in [0.2, 0.25) is 0 Å². The zero-order valence-corrected chi connectivity index (χ0v) is 12.7. The zero-order chi connectivity index (χ0) is 14.7. The van der Waals surface area contributed by atoms with Gasteiger partial charge in [0.05, 0.1) is 37.1 Å². The molecule has 0 saturated carbocycles. The van der Waals surface area contributed by atoms with Gasteiger partial charge >= 0.3 is 0 Å². The van der Waals surface area contributed by atoms with Crippen molar-refractivity contribution < 1.29 is 9.47 Å². The number of nitrogens with one attached hydrogen (secondary N) is 1. The second-order valence-corrected chi connectivity index (χ2v) is 5.44. The number of aryl methyl sites for hydroxylation is 1. The minimum Gasteiger partial charge on any atom is -0.376 e. The molecule has 0 radical (unpaired) electrons. The molecule has 1 saturated heterocycles. The van der Waals surface area contributed by atoms with E-state index in [1.54, 1.807) is 0 Å². The molecular weight excluding hydrogens is 266 g/mol. The highest BCUT2D eigenvalue weighted by molar-refractivity contribution is 5.81. The second kappa shape index (κ2) is 6.56. The Morgan fingerprint density at radius 1 is 1.38 bits per heavy atom. The Balaban J connectivity index is 1.83. The first-order chi connectivity index (χ1) is 10.3. The van der Waals surface area contributed by atoms with Gasteiger partial charge in [-0.3, -0.25) is 4.68 Å². The highest BCUT2D eigenvalue weighted by atomic mass is 16.6. The van der Waals surface area contributed by atoms with Crippen LogP contribution in [0, 0.1) is 0 Å². The molecule has 5 nitrogen and oxygen atoms in total. The van der Waals surface area contributed by atoms with E-state index < -0.39 is 0 Å². The predicted octanol–water partition coefficient (Wildman–Crippen LogP) is 1.51. The highest BCUT2D eigenvalue weighted by Gasteiger charge is 2.26. The Kier molecular flexibility index (Phi) is 4.53. The van der Waals surface area contributed by atoms with E-state index in [1.165, 1.54) is 10.9 Å². The average molecular weight is 289 g/mol. The first-order valence-electron chi connectivity index (χ1n) is 7.63. The Morgan fingerprint density at radius 2 is 2.24 bits per heavy atom. The molecule has 0 aliphatic carbocycles. The maximum Gasteiger partial charge on any atom is 0.0965 e. The fraction of sp³-hybridized carbons (Fsp3) is 0.562. The normalized spacial score (nSPS) is 20.8. The maximum absolute atomic E-state index is 5.86. The summed E-state index contributed by atoms with van der Waals surface area (Å²) in [5, 5.41) is 9.43. The molecule has 114 valence electrons. The molecule has 0 spiro atoms. The maximum atomic E-state index is 5.86. The Morgan fingerprint density at radius 3 is 3.00 bits per heavy atom. The van der Waals surface area contributed by atoms with E-state index in [4.69, 9.17) is 9.47 Å². The standard InChI is InChI=1S/C16H23N3O2/c1-3-17-14(16-11-20-8-9-21-16)10-13-12-6-4-5-7-15(12)19(2)18-13/h4-7,14,16-17H,3,8-11H2,1-2H3. The van der Waals surface area contributed by atoms with Crippen molar-refractivity contribution in [3.63, 3.8) is 0 Å². The topological polar surface area (TPSA) is 48.3 Å². The van der Waals surface area contributed by atoms with Crippen LogP contribution in [0.15, 0.2) is 24.3 Å². The van der Waals surface area contributed by atoms with Crippen molar-refractivity contribution in [2.45, 2.75) is 25.5 Å². The molecule has 0 bridgehead atoms. The van der Waals surface area contributed by atoms with Crippen molar-refractivity contribution in [3.8, 4) is 0 Å². The molecule has 1 N–H and O–H groups in total. The lowest BCUT2D eigenvalue weighted by atomic mass is 10.0. The number of rotatable bonds is 5. The van der Waals surface area contributed by atoms with Gasteiger partial charge in [0.15, 0.2) is 0 Å². The molecule has 1 fully saturated rings. The Hall–Kier alpha value is -1.43. The molecule has 21 heavy (non-hydrogen) atoms. The first kappa shape index (κ1) is 14.5. The molecule has 1 aromatic heterocycles. The molecule has 5 heteroatoms. The van der Waals surface area contributed by atoms with Crippen molar-refractivity contribution in [3.05, 3.63) is 30.0 Å². The van der Waals surface area contributed by atoms with Crippen molar-refractivity contribution in [1.82, 2.24) is 15.1 Å². The van der Waals surface area contributed by atoms with Crippen molar-refractivity contribution in [2.24, 2.45) is 7.05 Å². The number of para-hydroxylation sites is 1. The average Bonchev–Trinajstić information content (AvgIpc) is 2.85. The molecular formula is C16H23N3O2. The molecule has 1 aromatic carbocycles. The summed E-state index contributed by atoms with van der Waals surface area (Å²) in [6, 6.07) is 8.59. The lowest BCUT2D eigenvalue weighted by molar-refractivity contribution is -0.101. The number of fused-ring (bicyclic) bond motifs is 1. The van der Waals surface area contributed by atoms with E-state index in [0.29, 0.717) is 19.8 Å². The molecule has 0 amide bonds. The number of benzene rings is 1. The Labute approximate surface area is 125 Å². The fourth-order valence-electron chi connectivity index (χ4n) is 2.98. The fourth-order valence-corrected chi connectivity index (χ4v) is 2.98. The highest BCUT2D eigenvalue weighted by Crippen LogP contribution is 2.20. The van der Waals surface area contributed by atoms with E-state index in [-0.39, 0.29) is 12.1 Å². The van der Waals surface area contributed by atoms with Crippen LogP contribution in [0.3, 0.4) is 0 Å². The van der Waals surface area contributed by atoms with Crippen LogP contribution in [0.5, 0.6) is 0 Å². The third-order valence-electron chi connectivity index (χ3n) is 4.00. The van der Waals surface area contributed by atoms with Crippen LogP contribution in [0.2, 0.25) is 0 Å². The summed E-state index contributed by atoms with van der Waals surface area (Å²) < 4.78 is 13.4. The van der Waals surface area contributed by atoms with Crippen LogP contribution >= 0.6 is 0 Å². The molecule has 3 rings (SSSR count). The number of hydrogen-bond acceptors (Lipinski definition) is 4. The molecule has 2 heterocycles. The van der Waals surface area contributed by atoms with Crippen LogP contribution in [0.25, 0.3) is 10.9 Å². The third-order valence-corrected chi connectivity index (χ3v) is 4.00. The minimum atomic E-state index is 0.0967. The molecule has 2 aromatic rings. The summed E-state index contributed by atoms with van der Waals surface area (Å²) >= 11 is 0. The minimum absolute atomic E-state index is 0.0967. The van der Waals surface area contributed by atoms with Gasteiger partial charge in [0.1, 0.15) is 0 Å². The molecule has 1 aliphatic heterocycles. The lowest BCUT2D eigenvalue weighted by Crippen LogP contribution is -2.48. The van der Waals surface area contributed by atoms with Crippen LogP contribution < -0.4 is 5.32 Å². The van der Waals surface area contributed by atoms with Crippen LogP contribution in [-0.2, 0) is 22.9 Å². The molecule has 1 aliphatic rings. The first-order valence-corrected chi connectivity index (χ1v) is 7.63. The molecule has 2 unspecified atom stereocenters. The second-order valence-electron chi connectivity index (χ2n) is 5.44. The van der Waals surface area contributed by atoms with E-state index in [2.05, 4.69) is 35.5 Å². The van der Waals surface area contributed by atoms with E-state index >= 15 is 0 Å². The summed E-state index contributed by atoms with van der Waals surface area (Å²) in [5.74, 6) is 0. The van der Waals surface area contributed by atoms with Gasteiger partial charge in [-0.25, -0.2) is 0 Å². The predicted molar refractivity (Wildman–Crippen MR) is 82.4 cm³/mol. The van der Waals surface area contributed by atoms with Crippen LogP contribution in [0.1, 0.15) is 12.6 Å². The van der Waals surface area contributed by atoms with Crippen molar-refractivity contribution >= 4 is 10.9 Å². The smallest absolute Gasteiger partial charge is 0.0965 e. The number of hydrogen-bond donors (Lipinski definition) is 1. The van der Waals surface area contributed by atoms with E-state index in [9.17, 15) is 0 Å². The van der Waals surface area contributed by atoms with Gasteiger partial charge in [-0.1, -0.05) is 25.1 Å². The van der Waals surface area contributed by atoms with Gasteiger partial charge < -0.3 is 14.8 Å². The third kappa shape index (κ3) is 3.10. The summed E-state index contributed by atoms with van der Waals surface area (Å²) in [5.41, 5.74) is 2.29. The summed E-state index contributed by atoms with van der Waals surface area (Å²) in [6.45, 7) is 5.06. The van der Waals surface area contributed by atoms with E-state index in [0.717, 1.165) is 18.7 Å². The van der Waals surface area contributed by atoms with Gasteiger partial charge in [-0.05, 0) is 12.6 Å². The van der Waals surface area contributed by atoms with Gasteiger partial charge in [-0.2, -0.15) is 5.10 Å². The lowest BCUT2D eigenvalue weighted by Gasteiger charge is -2.30. The quantitative estimate of drug-likeness (QED) is 0.906. The summed E-state index contributed by atoms with van der Waals surface area (Å²) in [6.07, 6.45) is 0.947. The van der Waals surface area contributed by atoms with Gasteiger partial charge in [0.25, 0.3) is 0 Å². The van der Waals surface area contributed by atoms with Crippen LogP contribution in [0.4, 0.5) is 0 Å². The number of likely N-dealkylation sites (N-methyl/N-ethyl adjacent to an activating group) is 1. The monoisotopic (exact) mass is 289 g/mol. The van der Waals surface area contributed by atoms with E-state index in [1.807, 2.05) is 17.8 Å². The largest absolute Gasteiger partial charge is 0.376 e. The van der Waals surface area contributed by atoms with Gasteiger partial charge in [-0.15, -0.1) is 0 Å². The Bertz CT molecular complexity index is 590. The number of nitrogens with zero attached hydrogens (tertiary/aromatic N) is 2. The van der Waals surface area contributed by atoms with Gasteiger partial charge in [0, 0.05) is 24.9 Å². The van der Waals surface area contributed by atoms with Crippen LogP contribution in [-0.4, -0.2) is 48.3 Å². The zero-order valence-electron chi connectivity index (χ0n) is 12.7. The van der Waals surface area contributed by atoms with Crippen molar-refractivity contribution in [1.29, 1.82) is 0 Å². The number of ether oxygens (including phenoxy) is 2. The SMILES string of the molecule is CCNC(Cc1nn(C)c2ccccc12)C1COCCO1. The molecule has 2 atom stereocenters. The summed E-state index contributed by atoms with van der Waals surface area (Å²) in [4.78, 5) is 0. The number of aromatic nitrogens is 2.